The molecule has 1 nitrogen and oxygen atoms in total. The maximum Gasteiger partial charge on any atom is 0.0172 e. The molecule has 2 aliphatic rings. The van der Waals surface area contributed by atoms with E-state index in [2.05, 4.69) is 30.9 Å². The van der Waals surface area contributed by atoms with Gasteiger partial charge in [-0.25, -0.2) is 0 Å². The molecule has 16 heavy (non-hydrogen) atoms. The van der Waals surface area contributed by atoms with Crippen molar-refractivity contribution < 1.29 is 0 Å². The maximum absolute atomic E-state index is 3.83. The van der Waals surface area contributed by atoms with Crippen LogP contribution >= 0.6 is 11.8 Å². The Labute approximate surface area is 105 Å². The zero-order valence-electron chi connectivity index (χ0n) is 10.9. The molecule has 3 unspecified atom stereocenters. The number of rotatable bonds is 3. The topological polar surface area (TPSA) is 12.0 Å². The second kappa shape index (κ2) is 6.30. The van der Waals surface area contributed by atoms with Gasteiger partial charge in [-0.3, -0.25) is 0 Å². The third-order valence-electron chi connectivity index (χ3n) is 4.09. The molecule has 0 bridgehead atoms. The third-order valence-corrected chi connectivity index (χ3v) is 5.48. The molecular weight excluding hydrogens is 214 g/mol. The van der Waals surface area contributed by atoms with E-state index in [0.29, 0.717) is 0 Å². The SMILES string of the molecule is CC1CC(C)CC(NCC2CCCCS2)C1. The first-order chi connectivity index (χ1) is 7.74. The fourth-order valence-electron chi connectivity index (χ4n) is 3.38. The summed E-state index contributed by atoms with van der Waals surface area (Å²) in [6.45, 7) is 6.09. The lowest BCUT2D eigenvalue weighted by Gasteiger charge is -2.33. The normalized spacial score (nSPS) is 40.9. The van der Waals surface area contributed by atoms with Crippen molar-refractivity contribution in [1.29, 1.82) is 0 Å². The average Bonchev–Trinajstić information content (AvgIpc) is 2.27. The molecule has 1 aliphatic carbocycles. The Bertz CT molecular complexity index is 191. The Kier molecular flexibility index (Phi) is 5.02. The van der Waals surface area contributed by atoms with Gasteiger partial charge in [-0.1, -0.05) is 20.3 Å². The van der Waals surface area contributed by atoms with Gasteiger partial charge >= 0.3 is 0 Å². The largest absolute Gasteiger partial charge is 0.313 e. The molecule has 2 rings (SSSR count). The molecule has 1 N–H and O–H groups in total. The van der Waals surface area contributed by atoms with E-state index in [4.69, 9.17) is 0 Å². The first kappa shape index (κ1) is 12.8. The van der Waals surface area contributed by atoms with E-state index in [1.807, 2.05) is 0 Å². The molecule has 1 saturated heterocycles. The monoisotopic (exact) mass is 241 g/mol. The fourth-order valence-corrected chi connectivity index (χ4v) is 4.63. The number of nitrogens with one attached hydrogen (secondary N) is 1. The van der Waals surface area contributed by atoms with Gasteiger partial charge in [0.1, 0.15) is 0 Å². The summed E-state index contributed by atoms with van der Waals surface area (Å²) in [6, 6.07) is 0.807. The van der Waals surface area contributed by atoms with Gasteiger partial charge in [0.15, 0.2) is 0 Å². The summed E-state index contributed by atoms with van der Waals surface area (Å²) < 4.78 is 0. The van der Waals surface area contributed by atoms with Gasteiger partial charge in [-0.15, -0.1) is 0 Å². The highest BCUT2D eigenvalue weighted by atomic mass is 32.2. The molecule has 0 aromatic rings. The summed E-state index contributed by atoms with van der Waals surface area (Å²) in [4.78, 5) is 0. The van der Waals surface area contributed by atoms with Crippen molar-refractivity contribution in [2.45, 2.75) is 63.7 Å². The standard InChI is InChI=1S/C14H27NS/c1-11-7-12(2)9-13(8-11)15-10-14-5-3-4-6-16-14/h11-15H,3-10H2,1-2H3. The van der Waals surface area contributed by atoms with Crippen LogP contribution in [0.25, 0.3) is 0 Å². The second-order valence-electron chi connectivity index (χ2n) is 6.01. The highest BCUT2D eigenvalue weighted by molar-refractivity contribution is 7.99. The third kappa shape index (κ3) is 3.96. The van der Waals surface area contributed by atoms with E-state index < -0.39 is 0 Å². The summed E-state index contributed by atoms with van der Waals surface area (Å²) in [6.07, 6.45) is 8.59. The van der Waals surface area contributed by atoms with Crippen LogP contribution in [0.1, 0.15) is 52.4 Å². The lowest BCUT2D eigenvalue weighted by atomic mass is 9.80. The minimum absolute atomic E-state index is 0.807. The summed E-state index contributed by atoms with van der Waals surface area (Å²) in [5.41, 5.74) is 0. The lowest BCUT2D eigenvalue weighted by Crippen LogP contribution is -2.40. The van der Waals surface area contributed by atoms with Gasteiger partial charge in [0, 0.05) is 17.8 Å². The number of hydrogen-bond acceptors (Lipinski definition) is 2. The zero-order chi connectivity index (χ0) is 11.4. The van der Waals surface area contributed by atoms with E-state index in [-0.39, 0.29) is 0 Å². The first-order valence-electron chi connectivity index (χ1n) is 7.09. The highest BCUT2D eigenvalue weighted by Gasteiger charge is 2.24. The van der Waals surface area contributed by atoms with Crippen LogP contribution in [0.2, 0.25) is 0 Å². The van der Waals surface area contributed by atoms with Crippen molar-refractivity contribution in [3.63, 3.8) is 0 Å². The minimum Gasteiger partial charge on any atom is -0.313 e. The van der Waals surface area contributed by atoms with Gasteiger partial charge in [0.2, 0.25) is 0 Å². The molecule has 0 aromatic heterocycles. The highest BCUT2D eigenvalue weighted by Crippen LogP contribution is 2.29. The number of thioether (sulfide) groups is 1. The van der Waals surface area contributed by atoms with Crippen molar-refractivity contribution in [1.82, 2.24) is 5.32 Å². The summed E-state index contributed by atoms with van der Waals surface area (Å²) in [5.74, 6) is 3.25. The van der Waals surface area contributed by atoms with E-state index in [9.17, 15) is 0 Å². The van der Waals surface area contributed by atoms with Gasteiger partial charge in [0.05, 0.1) is 0 Å². The van der Waals surface area contributed by atoms with Crippen LogP contribution in [0.5, 0.6) is 0 Å². The van der Waals surface area contributed by atoms with Crippen LogP contribution in [0.15, 0.2) is 0 Å². The Morgan fingerprint density at radius 3 is 2.44 bits per heavy atom. The Hall–Kier alpha value is 0.310. The zero-order valence-corrected chi connectivity index (χ0v) is 11.7. The molecule has 3 atom stereocenters. The van der Waals surface area contributed by atoms with Crippen LogP contribution in [0, 0.1) is 11.8 Å². The molecule has 2 fully saturated rings. The summed E-state index contributed by atoms with van der Waals surface area (Å²) >= 11 is 2.19. The van der Waals surface area contributed by atoms with E-state index in [1.54, 1.807) is 0 Å². The molecule has 1 aliphatic heterocycles. The van der Waals surface area contributed by atoms with Crippen LogP contribution in [0.4, 0.5) is 0 Å². The number of hydrogen-bond donors (Lipinski definition) is 1. The van der Waals surface area contributed by atoms with Crippen molar-refractivity contribution >= 4 is 11.8 Å². The van der Waals surface area contributed by atoms with Gasteiger partial charge in [-0.05, 0) is 49.7 Å². The minimum atomic E-state index is 0.807. The van der Waals surface area contributed by atoms with Crippen molar-refractivity contribution in [3.05, 3.63) is 0 Å². The van der Waals surface area contributed by atoms with Crippen molar-refractivity contribution in [2.75, 3.05) is 12.3 Å². The smallest absolute Gasteiger partial charge is 0.0172 e. The Morgan fingerprint density at radius 2 is 1.81 bits per heavy atom. The predicted molar refractivity (Wildman–Crippen MR) is 74.1 cm³/mol. The molecular formula is C14H27NS. The molecule has 2 heteroatoms. The van der Waals surface area contributed by atoms with E-state index in [1.165, 1.54) is 50.8 Å². The molecule has 1 heterocycles. The molecule has 1 saturated carbocycles. The van der Waals surface area contributed by atoms with Gasteiger partial charge < -0.3 is 5.32 Å². The van der Waals surface area contributed by atoms with E-state index >= 15 is 0 Å². The van der Waals surface area contributed by atoms with Crippen molar-refractivity contribution in [2.24, 2.45) is 11.8 Å². The molecule has 0 spiro atoms. The van der Waals surface area contributed by atoms with Gasteiger partial charge in [0.25, 0.3) is 0 Å². The Balaban J connectivity index is 1.68. The quantitative estimate of drug-likeness (QED) is 0.809. The molecule has 94 valence electrons. The molecule has 0 amide bonds. The summed E-state index contributed by atoms with van der Waals surface area (Å²) in [5, 5.41) is 4.74. The molecule has 0 aromatic carbocycles. The summed E-state index contributed by atoms with van der Waals surface area (Å²) in [7, 11) is 0. The Morgan fingerprint density at radius 1 is 1.06 bits per heavy atom. The van der Waals surface area contributed by atoms with Crippen molar-refractivity contribution in [3.8, 4) is 0 Å². The first-order valence-corrected chi connectivity index (χ1v) is 8.14. The van der Waals surface area contributed by atoms with Crippen LogP contribution < -0.4 is 5.32 Å². The fraction of sp³-hybridized carbons (Fsp3) is 1.00. The van der Waals surface area contributed by atoms with Crippen LogP contribution in [0.3, 0.4) is 0 Å². The lowest BCUT2D eigenvalue weighted by molar-refractivity contribution is 0.239. The maximum atomic E-state index is 3.83. The van der Waals surface area contributed by atoms with E-state index in [0.717, 1.165) is 23.1 Å². The predicted octanol–water partition coefficient (Wildman–Crippen LogP) is 3.69. The second-order valence-corrected chi connectivity index (χ2v) is 7.42. The molecule has 0 radical (unpaired) electrons. The van der Waals surface area contributed by atoms with Crippen LogP contribution in [-0.2, 0) is 0 Å². The van der Waals surface area contributed by atoms with Gasteiger partial charge in [-0.2, -0.15) is 11.8 Å². The van der Waals surface area contributed by atoms with Crippen LogP contribution in [-0.4, -0.2) is 23.6 Å². The average molecular weight is 241 g/mol.